The molecule has 0 bridgehead atoms. The molecule has 1 aliphatic heterocycles. The summed E-state index contributed by atoms with van der Waals surface area (Å²) in [7, 11) is 0. The molecular formula is C26H27N5O3. The van der Waals surface area contributed by atoms with E-state index < -0.39 is 0 Å². The van der Waals surface area contributed by atoms with Crippen LogP contribution in [0.1, 0.15) is 19.8 Å². The molecule has 2 aromatic carbocycles. The molecule has 1 aliphatic carbocycles. The van der Waals surface area contributed by atoms with E-state index in [0.717, 1.165) is 59.0 Å². The van der Waals surface area contributed by atoms with Gasteiger partial charge in [0.1, 0.15) is 47.7 Å². The lowest BCUT2D eigenvalue weighted by Gasteiger charge is -2.33. The van der Waals surface area contributed by atoms with Crippen molar-refractivity contribution < 1.29 is 14.2 Å². The van der Waals surface area contributed by atoms with Crippen LogP contribution in [0, 0.1) is 0 Å². The van der Waals surface area contributed by atoms with E-state index >= 15 is 0 Å². The van der Waals surface area contributed by atoms with Crippen molar-refractivity contribution in [1.82, 2.24) is 20.2 Å². The number of nitrogens with zero attached hydrogens (tertiary/aromatic N) is 4. The lowest BCUT2D eigenvalue weighted by Crippen LogP contribution is -2.45. The third-order valence-corrected chi connectivity index (χ3v) is 6.39. The zero-order valence-corrected chi connectivity index (χ0v) is 19.1. The maximum absolute atomic E-state index is 6.16. The summed E-state index contributed by atoms with van der Waals surface area (Å²) in [6, 6.07) is 17.8. The fraction of sp³-hybridized carbons (Fsp3) is 0.346. The third-order valence-electron chi connectivity index (χ3n) is 6.39. The smallest absolute Gasteiger partial charge is 0.132 e. The molecule has 1 N–H and O–H groups in total. The highest BCUT2D eigenvalue weighted by molar-refractivity contribution is 5.93. The Morgan fingerprint density at radius 3 is 2.82 bits per heavy atom. The molecule has 2 aliphatic rings. The number of para-hydroxylation sites is 1. The summed E-state index contributed by atoms with van der Waals surface area (Å²) in [5.41, 5.74) is 2.49. The van der Waals surface area contributed by atoms with Crippen molar-refractivity contribution in [2.45, 2.75) is 31.5 Å². The van der Waals surface area contributed by atoms with Crippen molar-refractivity contribution in [2.24, 2.45) is 0 Å². The van der Waals surface area contributed by atoms with Crippen LogP contribution in [0.3, 0.4) is 0 Å². The van der Waals surface area contributed by atoms with Crippen LogP contribution in [0.15, 0.2) is 60.9 Å². The largest absolute Gasteiger partial charge is 0.491 e. The summed E-state index contributed by atoms with van der Waals surface area (Å²) in [6.07, 6.45) is 3.74. The van der Waals surface area contributed by atoms with Crippen LogP contribution in [0.25, 0.3) is 22.3 Å². The molecule has 174 valence electrons. The van der Waals surface area contributed by atoms with Crippen molar-refractivity contribution in [2.75, 3.05) is 31.2 Å². The van der Waals surface area contributed by atoms with Gasteiger partial charge < -0.3 is 19.1 Å². The molecule has 3 heterocycles. The molecule has 4 aromatic rings. The minimum Gasteiger partial charge on any atom is -0.491 e. The molecule has 1 saturated heterocycles. The van der Waals surface area contributed by atoms with Crippen LogP contribution in [-0.2, 0) is 4.74 Å². The number of nitrogens with one attached hydrogen (secondary N) is 1. The second-order valence-corrected chi connectivity index (χ2v) is 9.16. The minimum atomic E-state index is -0.0397. The molecular weight excluding hydrogens is 430 g/mol. The molecule has 0 amide bonds. The first-order valence-electron chi connectivity index (χ1n) is 11.7. The van der Waals surface area contributed by atoms with E-state index in [1.807, 2.05) is 54.6 Å². The quantitative estimate of drug-likeness (QED) is 0.444. The number of morpholine rings is 1. The van der Waals surface area contributed by atoms with Crippen molar-refractivity contribution in [3.63, 3.8) is 0 Å². The molecule has 0 radical (unpaired) electrons. The fourth-order valence-corrected chi connectivity index (χ4v) is 4.20. The maximum atomic E-state index is 6.16. The van der Waals surface area contributed by atoms with Gasteiger partial charge in [-0.15, -0.1) is 0 Å². The molecule has 1 atom stereocenters. The summed E-state index contributed by atoms with van der Waals surface area (Å²) < 4.78 is 18.0. The highest BCUT2D eigenvalue weighted by atomic mass is 16.5. The highest BCUT2D eigenvalue weighted by Crippen LogP contribution is 2.40. The maximum Gasteiger partial charge on any atom is 0.132 e. The van der Waals surface area contributed by atoms with Crippen molar-refractivity contribution in [3.8, 4) is 22.9 Å². The predicted molar refractivity (Wildman–Crippen MR) is 129 cm³/mol. The number of H-pyrrole nitrogens is 1. The van der Waals surface area contributed by atoms with E-state index in [9.17, 15) is 0 Å². The second-order valence-electron chi connectivity index (χ2n) is 9.16. The molecule has 6 rings (SSSR count). The van der Waals surface area contributed by atoms with Crippen LogP contribution in [0.5, 0.6) is 11.5 Å². The molecule has 1 saturated carbocycles. The standard InChI is InChI=1S/C26H27N5O3/c1-26(9-10-26)34-19-7-8-22-21(13-19)25(30-29-22)23-14-24(28-17-27-23)31-11-12-32-20(15-31)16-33-18-5-3-2-4-6-18/h2-8,13-14,17,20H,9-12,15-16H2,1H3,(H,29,30). The summed E-state index contributed by atoms with van der Waals surface area (Å²) in [4.78, 5) is 11.3. The zero-order chi connectivity index (χ0) is 23.0. The van der Waals surface area contributed by atoms with Crippen molar-refractivity contribution in [3.05, 3.63) is 60.9 Å². The normalized spacial score (nSPS) is 19.2. The Balaban J connectivity index is 1.20. The number of hydrogen-bond acceptors (Lipinski definition) is 7. The third kappa shape index (κ3) is 4.41. The van der Waals surface area contributed by atoms with Gasteiger partial charge in [0, 0.05) is 24.5 Å². The highest BCUT2D eigenvalue weighted by Gasteiger charge is 2.40. The van der Waals surface area contributed by atoms with Gasteiger partial charge in [0.2, 0.25) is 0 Å². The first-order valence-corrected chi connectivity index (χ1v) is 11.7. The van der Waals surface area contributed by atoms with E-state index in [4.69, 9.17) is 14.2 Å². The number of aromatic amines is 1. The molecule has 8 heteroatoms. The molecule has 0 spiro atoms. The Labute approximate surface area is 197 Å². The Morgan fingerprint density at radius 2 is 1.97 bits per heavy atom. The van der Waals surface area contributed by atoms with Crippen LogP contribution >= 0.6 is 0 Å². The molecule has 1 unspecified atom stereocenters. The van der Waals surface area contributed by atoms with Crippen LogP contribution in [0.4, 0.5) is 5.82 Å². The monoisotopic (exact) mass is 457 g/mol. The van der Waals surface area contributed by atoms with Crippen molar-refractivity contribution >= 4 is 16.7 Å². The van der Waals surface area contributed by atoms with Gasteiger partial charge in [-0.05, 0) is 50.1 Å². The van der Waals surface area contributed by atoms with Gasteiger partial charge in [-0.3, -0.25) is 5.10 Å². The van der Waals surface area contributed by atoms with Crippen molar-refractivity contribution in [1.29, 1.82) is 0 Å². The number of ether oxygens (including phenoxy) is 3. The number of benzene rings is 2. The van der Waals surface area contributed by atoms with E-state index in [-0.39, 0.29) is 11.7 Å². The van der Waals surface area contributed by atoms with Gasteiger partial charge in [-0.25, -0.2) is 9.97 Å². The number of anilines is 1. The SMILES string of the molecule is CC1(Oc2ccc3[nH]nc(-c4cc(N5CCOC(COc6ccccc6)C5)ncn4)c3c2)CC1. The number of fused-ring (bicyclic) bond motifs is 1. The summed E-state index contributed by atoms with van der Waals surface area (Å²) in [6.45, 7) is 4.71. The van der Waals surface area contributed by atoms with Gasteiger partial charge in [0.25, 0.3) is 0 Å². The van der Waals surface area contributed by atoms with E-state index in [0.29, 0.717) is 19.8 Å². The number of aromatic nitrogens is 4. The number of hydrogen-bond donors (Lipinski definition) is 1. The van der Waals surface area contributed by atoms with E-state index in [1.54, 1.807) is 6.33 Å². The molecule has 34 heavy (non-hydrogen) atoms. The Bertz CT molecular complexity index is 1290. The Morgan fingerprint density at radius 1 is 1.09 bits per heavy atom. The summed E-state index contributed by atoms with van der Waals surface area (Å²) >= 11 is 0. The first-order chi connectivity index (χ1) is 16.7. The van der Waals surface area contributed by atoms with Gasteiger partial charge in [0.15, 0.2) is 0 Å². The molecule has 2 fully saturated rings. The second kappa shape index (κ2) is 8.61. The molecule has 2 aromatic heterocycles. The van der Waals surface area contributed by atoms with Gasteiger partial charge >= 0.3 is 0 Å². The van der Waals surface area contributed by atoms with Crippen LogP contribution in [0.2, 0.25) is 0 Å². The summed E-state index contributed by atoms with van der Waals surface area (Å²) in [5.74, 6) is 2.56. The molecule has 8 nitrogen and oxygen atoms in total. The van der Waals surface area contributed by atoms with E-state index in [2.05, 4.69) is 32.0 Å². The van der Waals surface area contributed by atoms with E-state index in [1.165, 1.54) is 0 Å². The minimum absolute atomic E-state index is 0.0310. The number of rotatable bonds is 7. The Hall–Kier alpha value is -3.65. The van der Waals surface area contributed by atoms with Crippen LogP contribution < -0.4 is 14.4 Å². The average molecular weight is 458 g/mol. The van der Waals surface area contributed by atoms with Gasteiger partial charge in [-0.1, -0.05) is 18.2 Å². The van der Waals surface area contributed by atoms with Crippen LogP contribution in [-0.4, -0.2) is 58.2 Å². The van der Waals surface area contributed by atoms with Gasteiger partial charge in [-0.2, -0.15) is 5.10 Å². The zero-order valence-electron chi connectivity index (χ0n) is 19.1. The lowest BCUT2D eigenvalue weighted by atomic mass is 10.1. The topological polar surface area (TPSA) is 85.4 Å². The summed E-state index contributed by atoms with van der Waals surface area (Å²) in [5, 5.41) is 8.65. The lowest BCUT2D eigenvalue weighted by molar-refractivity contribution is 0.0100. The fourth-order valence-electron chi connectivity index (χ4n) is 4.20. The predicted octanol–water partition coefficient (Wildman–Crippen LogP) is 4.24. The first kappa shape index (κ1) is 20.9. The Kier molecular flexibility index (Phi) is 5.30. The van der Waals surface area contributed by atoms with Gasteiger partial charge in [0.05, 0.1) is 17.8 Å². The average Bonchev–Trinajstić information content (AvgIpc) is 3.45.